The van der Waals surface area contributed by atoms with Gasteiger partial charge in [0, 0.05) is 18.6 Å². The molecular weight excluding hydrogens is 282 g/mol. The minimum atomic E-state index is -1.11. The number of aromatic carboxylic acids is 1. The number of aromatic nitrogens is 5. The highest BCUT2D eigenvalue weighted by Gasteiger charge is 2.19. The Morgan fingerprint density at radius 1 is 1.50 bits per heavy atom. The standard InChI is InChI=1S/C12H10ClN5O2/c1-6-9-10(13)7(12(19)20)4-16-11(9)18(17-6)5-8-14-2-3-15-8/h2-4H,5H2,1H3,(H,14,15)(H,19,20). The van der Waals surface area contributed by atoms with Crippen LogP contribution in [0.5, 0.6) is 0 Å². The highest BCUT2D eigenvalue weighted by Crippen LogP contribution is 2.28. The molecule has 0 spiro atoms. The third-order valence-electron chi connectivity index (χ3n) is 2.96. The molecule has 0 aliphatic heterocycles. The second-order valence-corrected chi connectivity index (χ2v) is 4.65. The molecule has 0 radical (unpaired) electrons. The zero-order valence-electron chi connectivity index (χ0n) is 10.5. The predicted molar refractivity (Wildman–Crippen MR) is 71.9 cm³/mol. The van der Waals surface area contributed by atoms with Gasteiger partial charge in [-0.3, -0.25) is 0 Å². The third kappa shape index (κ3) is 1.92. The van der Waals surface area contributed by atoms with E-state index in [0.29, 0.717) is 23.3 Å². The number of carbonyl (C=O) groups is 1. The number of aryl methyl sites for hydroxylation is 1. The van der Waals surface area contributed by atoms with Crippen molar-refractivity contribution in [3.05, 3.63) is 40.7 Å². The van der Waals surface area contributed by atoms with Crippen molar-refractivity contribution in [2.24, 2.45) is 0 Å². The number of hydrogen-bond acceptors (Lipinski definition) is 4. The van der Waals surface area contributed by atoms with Gasteiger partial charge in [-0.15, -0.1) is 0 Å². The fourth-order valence-electron chi connectivity index (χ4n) is 2.06. The summed E-state index contributed by atoms with van der Waals surface area (Å²) >= 11 is 6.14. The Morgan fingerprint density at radius 2 is 2.30 bits per heavy atom. The maximum Gasteiger partial charge on any atom is 0.338 e. The number of nitrogens with zero attached hydrogens (tertiary/aromatic N) is 4. The molecule has 3 rings (SSSR count). The summed E-state index contributed by atoms with van der Waals surface area (Å²) in [5.41, 5.74) is 1.14. The van der Waals surface area contributed by atoms with Gasteiger partial charge in [-0.05, 0) is 6.92 Å². The molecule has 0 amide bonds. The molecule has 3 heterocycles. The van der Waals surface area contributed by atoms with E-state index in [1.54, 1.807) is 24.0 Å². The summed E-state index contributed by atoms with van der Waals surface area (Å²) in [6.45, 7) is 2.17. The van der Waals surface area contributed by atoms with Gasteiger partial charge in [0.2, 0.25) is 0 Å². The average molecular weight is 292 g/mol. The van der Waals surface area contributed by atoms with Gasteiger partial charge < -0.3 is 10.1 Å². The monoisotopic (exact) mass is 291 g/mol. The van der Waals surface area contributed by atoms with Crippen LogP contribution < -0.4 is 0 Å². The average Bonchev–Trinajstić information content (AvgIpc) is 2.99. The summed E-state index contributed by atoms with van der Waals surface area (Å²) in [7, 11) is 0. The van der Waals surface area contributed by atoms with Crippen LogP contribution in [-0.2, 0) is 6.54 Å². The van der Waals surface area contributed by atoms with Crippen molar-refractivity contribution in [3.8, 4) is 0 Å². The number of carboxylic acids is 1. The Balaban J connectivity index is 2.17. The van der Waals surface area contributed by atoms with Crippen LogP contribution >= 0.6 is 11.6 Å². The predicted octanol–water partition coefficient (Wildman–Crippen LogP) is 1.86. The van der Waals surface area contributed by atoms with Gasteiger partial charge in [0.25, 0.3) is 0 Å². The van der Waals surface area contributed by atoms with Gasteiger partial charge in [-0.25, -0.2) is 19.4 Å². The van der Waals surface area contributed by atoms with E-state index < -0.39 is 5.97 Å². The highest BCUT2D eigenvalue weighted by atomic mass is 35.5. The first-order valence-corrected chi connectivity index (χ1v) is 6.19. The number of carboxylic acid groups (broad SMARTS) is 1. The minimum Gasteiger partial charge on any atom is -0.478 e. The van der Waals surface area contributed by atoms with E-state index in [1.807, 2.05) is 0 Å². The van der Waals surface area contributed by atoms with Crippen LogP contribution in [-0.4, -0.2) is 35.8 Å². The van der Waals surface area contributed by atoms with E-state index in [9.17, 15) is 4.79 Å². The number of nitrogens with one attached hydrogen (secondary N) is 1. The molecule has 3 aromatic heterocycles. The Morgan fingerprint density at radius 3 is 2.95 bits per heavy atom. The van der Waals surface area contributed by atoms with Gasteiger partial charge in [0.15, 0.2) is 5.65 Å². The van der Waals surface area contributed by atoms with E-state index in [4.69, 9.17) is 16.7 Å². The molecule has 0 saturated heterocycles. The Bertz CT molecular complexity index is 794. The van der Waals surface area contributed by atoms with Gasteiger partial charge in [-0.1, -0.05) is 11.6 Å². The van der Waals surface area contributed by atoms with Crippen molar-refractivity contribution in [2.75, 3.05) is 0 Å². The number of fused-ring (bicyclic) bond motifs is 1. The van der Waals surface area contributed by atoms with Gasteiger partial charge in [-0.2, -0.15) is 5.10 Å². The molecule has 0 aliphatic carbocycles. The van der Waals surface area contributed by atoms with Gasteiger partial charge in [0.1, 0.15) is 12.4 Å². The number of halogens is 1. The number of pyridine rings is 1. The van der Waals surface area contributed by atoms with E-state index in [0.717, 1.165) is 5.82 Å². The van der Waals surface area contributed by atoms with Crippen molar-refractivity contribution < 1.29 is 9.90 Å². The fraction of sp³-hybridized carbons (Fsp3) is 0.167. The van der Waals surface area contributed by atoms with Gasteiger partial charge >= 0.3 is 5.97 Å². The van der Waals surface area contributed by atoms with E-state index in [1.165, 1.54) is 6.20 Å². The minimum absolute atomic E-state index is 0.0279. The van der Waals surface area contributed by atoms with Gasteiger partial charge in [0.05, 0.1) is 21.7 Å². The summed E-state index contributed by atoms with van der Waals surface area (Å²) in [6, 6.07) is 0. The maximum absolute atomic E-state index is 11.1. The second-order valence-electron chi connectivity index (χ2n) is 4.27. The first-order chi connectivity index (χ1) is 9.58. The molecule has 0 atom stereocenters. The first kappa shape index (κ1) is 12.6. The molecule has 3 aromatic rings. The van der Waals surface area contributed by atoms with Crippen LogP contribution in [0.1, 0.15) is 21.9 Å². The topological polar surface area (TPSA) is 96.7 Å². The molecule has 0 aliphatic rings. The van der Waals surface area contributed by atoms with Crippen LogP contribution in [0.3, 0.4) is 0 Å². The summed E-state index contributed by atoms with van der Waals surface area (Å²) in [5.74, 6) is -0.378. The zero-order valence-corrected chi connectivity index (χ0v) is 11.2. The largest absolute Gasteiger partial charge is 0.478 e. The third-order valence-corrected chi connectivity index (χ3v) is 3.35. The quantitative estimate of drug-likeness (QED) is 0.768. The molecule has 102 valence electrons. The Hall–Kier alpha value is -2.41. The molecule has 2 N–H and O–H groups in total. The lowest BCUT2D eigenvalue weighted by Gasteiger charge is -2.02. The Labute approximate surface area is 118 Å². The van der Waals surface area contributed by atoms with Crippen molar-refractivity contribution in [2.45, 2.75) is 13.5 Å². The number of aromatic amines is 1. The summed E-state index contributed by atoms with van der Waals surface area (Å²) in [4.78, 5) is 22.3. The van der Waals surface area contributed by atoms with E-state index in [-0.39, 0.29) is 10.6 Å². The van der Waals surface area contributed by atoms with E-state index >= 15 is 0 Å². The SMILES string of the molecule is Cc1nn(Cc2ncc[nH]2)c2ncc(C(=O)O)c(Cl)c12. The fourth-order valence-corrected chi connectivity index (χ4v) is 2.41. The first-order valence-electron chi connectivity index (χ1n) is 5.81. The van der Waals surface area contributed by atoms with Crippen LogP contribution in [0.4, 0.5) is 0 Å². The van der Waals surface area contributed by atoms with Crippen molar-refractivity contribution in [3.63, 3.8) is 0 Å². The molecule has 0 aromatic carbocycles. The number of hydrogen-bond donors (Lipinski definition) is 2. The molecular formula is C12H10ClN5O2. The van der Waals surface area contributed by atoms with Crippen LogP contribution in [0.15, 0.2) is 18.6 Å². The lowest BCUT2D eigenvalue weighted by molar-refractivity contribution is 0.0697. The molecule has 8 heteroatoms. The zero-order chi connectivity index (χ0) is 14.3. The normalized spacial score (nSPS) is 11.1. The van der Waals surface area contributed by atoms with Crippen molar-refractivity contribution in [1.29, 1.82) is 0 Å². The van der Waals surface area contributed by atoms with Crippen molar-refractivity contribution in [1.82, 2.24) is 24.7 Å². The molecule has 0 unspecified atom stereocenters. The number of H-pyrrole nitrogens is 1. The number of rotatable bonds is 3. The lowest BCUT2D eigenvalue weighted by atomic mass is 10.2. The molecule has 0 bridgehead atoms. The summed E-state index contributed by atoms with van der Waals surface area (Å²) in [5, 5.41) is 14.1. The van der Waals surface area contributed by atoms with Crippen molar-refractivity contribution >= 4 is 28.6 Å². The molecule has 0 saturated carbocycles. The highest BCUT2D eigenvalue weighted by molar-refractivity contribution is 6.38. The molecule has 7 nitrogen and oxygen atoms in total. The summed E-state index contributed by atoms with van der Waals surface area (Å²) < 4.78 is 1.64. The maximum atomic E-state index is 11.1. The number of imidazole rings is 1. The smallest absolute Gasteiger partial charge is 0.338 e. The molecule has 20 heavy (non-hydrogen) atoms. The van der Waals surface area contributed by atoms with Crippen LogP contribution in [0.2, 0.25) is 5.02 Å². The van der Waals surface area contributed by atoms with E-state index in [2.05, 4.69) is 20.1 Å². The lowest BCUT2D eigenvalue weighted by Crippen LogP contribution is -2.05. The second kappa shape index (κ2) is 4.61. The van der Waals surface area contributed by atoms with Crippen LogP contribution in [0, 0.1) is 6.92 Å². The molecule has 0 fully saturated rings. The van der Waals surface area contributed by atoms with Crippen LogP contribution in [0.25, 0.3) is 11.0 Å². The Kier molecular flexibility index (Phi) is 2.90. The summed E-state index contributed by atoms with van der Waals surface area (Å²) in [6.07, 6.45) is 4.61.